The molecule has 0 atom stereocenters. The fraction of sp³-hybridized carbons (Fsp3) is 0.474. The highest BCUT2D eigenvalue weighted by Gasteiger charge is 2.07. The van der Waals surface area contributed by atoms with Gasteiger partial charge >= 0.3 is 0 Å². The molecule has 0 amide bonds. The highest BCUT2D eigenvalue weighted by atomic mass is 16.5. The first-order valence-electron chi connectivity index (χ1n) is 8.71. The summed E-state index contributed by atoms with van der Waals surface area (Å²) in [4.78, 5) is 11.1. The SMILES string of the molecule is CCCN(CCC)c1cc(NCCc2ccccc2OC)ncn1. The number of rotatable bonds is 10. The molecule has 1 aromatic carbocycles. The standard InChI is InChI=1S/C19H28N4O/c1-4-12-23(13-5-2)19-14-18(21-15-22-19)20-11-10-16-8-6-7-9-17(16)24-3/h6-9,14-15H,4-5,10-13H2,1-3H3,(H,20,21,22). The lowest BCUT2D eigenvalue weighted by atomic mass is 10.1. The molecule has 0 unspecified atom stereocenters. The van der Waals surface area contributed by atoms with Gasteiger partial charge in [0.1, 0.15) is 23.7 Å². The summed E-state index contributed by atoms with van der Waals surface area (Å²) in [7, 11) is 1.71. The summed E-state index contributed by atoms with van der Waals surface area (Å²) >= 11 is 0. The highest BCUT2D eigenvalue weighted by molar-refractivity contribution is 5.48. The Morgan fingerprint density at radius 3 is 2.54 bits per heavy atom. The number of methoxy groups -OCH3 is 1. The monoisotopic (exact) mass is 328 g/mol. The zero-order valence-electron chi connectivity index (χ0n) is 15.0. The van der Waals surface area contributed by atoms with Gasteiger partial charge in [0.15, 0.2) is 0 Å². The molecule has 5 nitrogen and oxygen atoms in total. The van der Waals surface area contributed by atoms with Gasteiger partial charge in [0.25, 0.3) is 0 Å². The van der Waals surface area contributed by atoms with Crippen LogP contribution in [-0.4, -0.2) is 36.7 Å². The Bertz CT molecular complexity index is 612. The van der Waals surface area contributed by atoms with Gasteiger partial charge in [0.05, 0.1) is 7.11 Å². The molecule has 5 heteroatoms. The number of ether oxygens (including phenoxy) is 1. The van der Waals surface area contributed by atoms with Crippen molar-refractivity contribution in [2.45, 2.75) is 33.1 Å². The van der Waals surface area contributed by atoms with E-state index in [1.54, 1.807) is 13.4 Å². The molecule has 1 heterocycles. The van der Waals surface area contributed by atoms with E-state index in [0.29, 0.717) is 0 Å². The maximum Gasteiger partial charge on any atom is 0.134 e. The minimum absolute atomic E-state index is 0.804. The normalized spacial score (nSPS) is 10.5. The first kappa shape index (κ1) is 18.0. The van der Waals surface area contributed by atoms with Gasteiger partial charge in [-0.1, -0.05) is 32.0 Å². The summed E-state index contributed by atoms with van der Waals surface area (Å²) in [5.74, 6) is 2.79. The second-order valence-corrected chi connectivity index (χ2v) is 5.74. The molecule has 0 bridgehead atoms. The van der Waals surface area contributed by atoms with Gasteiger partial charge in [-0.2, -0.15) is 0 Å². The number of para-hydroxylation sites is 1. The summed E-state index contributed by atoms with van der Waals surface area (Å²) in [5.41, 5.74) is 1.19. The molecule has 0 aliphatic carbocycles. The van der Waals surface area contributed by atoms with Crippen LogP contribution in [0.2, 0.25) is 0 Å². The van der Waals surface area contributed by atoms with E-state index >= 15 is 0 Å². The molecule has 0 fully saturated rings. The summed E-state index contributed by atoms with van der Waals surface area (Å²) in [6, 6.07) is 10.1. The molecule has 0 saturated heterocycles. The van der Waals surface area contributed by atoms with Crippen molar-refractivity contribution in [1.82, 2.24) is 9.97 Å². The van der Waals surface area contributed by atoms with Crippen LogP contribution in [0.15, 0.2) is 36.7 Å². The summed E-state index contributed by atoms with van der Waals surface area (Å²) in [5, 5.41) is 3.39. The minimum Gasteiger partial charge on any atom is -0.496 e. The van der Waals surface area contributed by atoms with Crippen LogP contribution in [0.5, 0.6) is 5.75 Å². The third-order valence-corrected chi connectivity index (χ3v) is 3.86. The Morgan fingerprint density at radius 1 is 1.08 bits per heavy atom. The lowest BCUT2D eigenvalue weighted by Gasteiger charge is -2.22. The molecule has 130 valence electrons. The molecule has 0 spiro atoms. The van der Waals surface area contributed by atoms with E-state index in [-0.39, 0.29) is 0 Å². The number of anilines is 2. The maximum atomic E-state index is 5.39. The second-order valence-electron chi connectivity index (χ2n) is 5.74. The van der Waals surface area contributed by atoms with Crippen LogP contribution in [0.1, 0.15) is 32.3 Å². The Labute approximate surface area is 145 Å². The molecule has 24 heavy (non-hydrogen) atoms. The van der Waals surface area contributed by atoms with Gasteiger partial charge in [-0.25, -0.2) is 9.97 Å². The Balaban J connectivity index is 1.96. The van der Waals surface area contributed by atoms with Crippen LogP contribution >= 0.6 is 0 Å². The second kappa shape index (κ2) is 9.75. The Morgan fingerprint density at radius 2 is 1.83 bits per heavy atom. The van der Waals surface area contributed by atoms with Crippen molar-refractivity contribution in [2.24, 2.45) is 0 Å². The Hall–Kier alpha value is -2.30. The fourth-order valence-corrected chi connectivity index (χ4v) is 2.73. The maximum absolute atomic E-state index is 5.39. The van der Waals surface area contributed by atoms with Crippen molar-refractivity contribution in [3.63, 3.8) is 0 Å². The van der Waals surface area contributed by atoms with E-state index in [1.807, 2.05) is 24.3 Å². The molecule has 0 radical (unpaired) electrons. The van der Waals surface area contributed by atoms with E-state index < -0.39 is 0 Å². The number of aromatic nitrogens is 2. The fourth-order valence-electron chi connectivity index (χ4n) is 2.73. The van der Waals surface area contributed by atoms with Gasteiger partial charge < -0.3 is 15.0 Å². The van der Waals surface area contributed by atoms with Crippen LogP contribution in [0, 0.1) is 0 Å². The summed E-state index contributed by atoms with van der Waals surface area (Å²) in [6.45, 7) is 7.22. The topological polar surface area (TPSA) is 50.3 Å². The van der Waals surface area contributed by atoms with E-state index in [2.05, 4.69) is 40.1 Å². The van der Waals surface area contributed by atoms with Crippen LogP contribution in [0.4, 0.5) is 11.6 Å². The molecular weight excluding hydrogens is 300 g/mol. The van der Waals surface area contributed by atoms with Crippen molar-refractivity contribution < 1.29 is 4.74 Å². The van der Waals surface area contributed by atoms with Gasteiger partial charge in [0.2, 0.25) is 0 Å². The summed E-state index contributed by atoms with van der Waals surface area (Å²) < 4.78 is 5.39. The highest BCUT2D eigenvalue weighted by Crippen LogP contribution is 2.18. The summed E-state index contributed by atoms with van der Waals surface area (Å²) in [6.07, 6.45) is 4.75. The molecule has 0 aliphatic rings. The van der Waals surface area contributed by atoms with Crippen molar-refractivity contribution in [3.05, 3.63) is 42.2 Å². The molecule has 2 aromatic rings. The van der Waals surface area contributed by atoms with Crippen molar-refractivity contribution in [1.29, 1.82) is 0 Å². The predicted molar refractivity (Wildman–Crippen MR) is 100 cm³/mol. The zero-order chi connectivity index (χ0) is 17.2. The lowest BCUT2D eigenvalue weighted by molar-refractivity contribution is 0.410. The molecule has 0 aliphatic heterocycles. The molecule has 2 rings (SSSR count). The zero-order valence-corrected chi connectivity index (χ0v) is 15.0. The van der Waals surface area contributed by atoms with Gasteiger partial charge in [0, 0.05) is 25.7 Å². The quantitative estimate of drug-likeness (QED) is 0.719. The van der Waals surface area contributed by atoms with Crippen LogP contribution < -0.4 is 15.0 Å². The van der Waals surface area contributed by atoms with Crippen molar-refractivity contribution in [2.75, 3.05) is 37.0 Å². The Kier molecular flexibility index (Phi) is 7.33. The molecule has 1 aromatic heterocycles. The van der Waals surface area contributed by atoms with Gasteiger partial charge in [-0.05, 0) is 30.9 Å². The first-order chi connectivity index (χ1) is 11.8. The molecule has 1 N–H and O–H groups in total. The number of nitrogens with one attached hydrogen (secondary N) is 1. The van der Waals surface area contributed by atoms with Crippen molar-refractivity contribution >= 4 is 11.6 Å². The van der Waals surface area contributed by atoms with Gasteiger partial charge in [-0.3, -0.25) is 0 Å². The number of nitrogens with zero attached hydrogens (tertiary/aromatic N) is 3. The van der Waals surface area contributed by atoms with Crippen molar-refractivity contribution in [3.8, 4) is 5.75 Å². The van der Waals surface area contributed by atoms with E-state index in [0.717, 1.165) is 56.3 Å². The third kappa shape index (κ3) is 5.11. The largest absolute Gasteiger partial charge is 0.496 e. The van der Waals surface area contributed by atoms with Crippen LogP contribution in [-0.2, 0) is 6.42 Å². The molecule has 0 saturated carbocycles. The first-order valence-corrected chi connectivity index (χ1v) is 8.71. The van der Waals surface area contributed by atoms with Crippen LogP contribution in [0.25, 0.3) is 0 Å². The minimum atomic E-state index is 0.804. The van der Waals surface area contributed by atoms with Crippen LogP contribution in [0.3, 0.4) is 0 Å². The average Bonchev–Trinajstić information content (AvgIpc) is 2.62. The number of hydrogen-bond donors (Lipinski definition) is 1. The van der Waals surface area contributed by atoms with E-state index in [4.69, 9.17) is 4.74 Å². The number of benzene rings is 1. The lowest BCUT2D eigenvalue weighted by Crippen LogP contribution is -2.26. The predicted octanol–water partition coefficient (Wildman–Crippen LogP) is 3.77. The molecular formula is C19H28N4O. The average molecular weight is 328 g/mol. The number of hydrogen-bond acceptors (Lipinski definition) is 5. The van der Waals surface area contributed by atoms with Gasteiger partial charge in [-0.15, -0.1) is 0 Å². The third-order valence-electron chi connectivity index (χ3n) is 3.86. The smallest absolute Gasteiger partial charge is 0.134 e. The van der Waals surface area contributed by atoms with E-state index in [1.165, 1.54) is 5.56 Å². The van der Waals surface area contributed by atoms with E-state index in [9.17, 15) is 0 Å².